The number of carbonyl (C=O) groups excluding carboxylic acids is 1. The highest BCUT2D eigenvalue weighted by atomic mass is 32.2. The van der Waals surface area contributed by atoms with Crippen LogP contribution in [0.15, 0.2) is 51.1 Å². The van der Waals surface area contributed by atoms with E-state index in [0.717, 1.165) is 11.3 Å². The maximum absolute atomic E-state index is 12.3. The number of para-hydroxylation sites is 1. The first-order valence-corrected chi connectivity index (χ1v) is 10.0. The Labute approximate surface area is 163 Å². The number of amides is 1. The molecule has 0 saturated carbocycles. The van der Waals surface area contributed by atoms with E-state index in [0.29, 0.717) is 0 Å². The van der Waals surface area contributed by atoms with Gasteiger partial charge in [0.25, 0.3) is 15.9 Å². The van der Waals surface area contributed by atoms with Gasteiger partial charge in [-0.1, -0.05) is 18.2 Å². The Balaban J connectivity index is 2.21. The highest BCUT2D eigenvalue weighted by Crippen LogP contribution is 2.22. The smallest absolute Gasteiger partial charge is 0.352 e. The van der Waals surface area contributed by atoms with Gasteiger partial charge in [0.05, 0.1) is 17.7 Å². The van der Waals surface area contributed by atoms with Crippen molar-refractivity contribution >= 4 is 50.6 Å². The maximum Gasteiger partial charge on any atom is 0.352 e. The standard InChI is InChI=1S/C16H15N3O7S2/c20-13(21)8-7-12(16(23)24)17-18-15(22)10-4-1-2-5-11(10)19-28(25,26)14-6-3-9-27-14/h1-6,9,19H,7-8H2,(H,18,22)(H,20,21)(H,23,24)/b17-12-. The van der Waals surface area contributed by atoms with Crippen LogP contribution in [0, 0.1) is 0 Å². The van der Waals surface area contributed by atoms with Gasteiger partial charge in [0.2, 0.25) is 0 Å². The second kappa shape index (κ2) is 9.10. The number of carboxylic acids is 2. The van der Waals surface area contributed by atoms with Crippen molar-refractivity contribution < 1.29 is 33.0 Å². The van der Waals surface area contributed by atoms with Crippen molar-refractivity contribution in [3.63, 3.8) is 0 Å². The lowest BCUT2D eigenvalue weighted by molar-refractivity contribution is -0.136. The summed E-state index contributed by atoms with van der Waals surface area (Å²) in [5, 5.41) is 22.7. The lowest BCUT2D eigenvalue weighted by atomic mass is 10.2. The summed E-state index contributed by atoms with van der Waals surface area (Å²) in [6, 6.07) is 8.67. The normalized spacial score (nSPS) is 11.6. The van der Waals surface area contributed by atoms with Crippen LogP contribution in [0.4, 0.5) is 5.69 Å². The minimum absolute atomic E-state index is 0.0222. The lowest BCUT2D eigenvalue weighted by Crippen LogP contribution is -2.25. The molecule has 0 spiro atoms. The Kier molecular flexibility index (Phi) is 6.84. The van der Waals surface area contributed by atoms with Gasteiger partial charge in [-0.3, -0.25) is 14.3 Å². The van der Waals surface area contributed by atoms with Gasteiger partial charge in [-0.2, -0.15) is 5.10 Å². The van der Waals surface area contributed by atoms with Crippen molar-refractivity contribution in [2.24, 2.45) is 5.10 Å². The number of anilines is 1. The number of hydrogen-bond acceptors (Lipinski definition) is 7. The quantitative estimate of drug-likeness (QED) is 0.350. The first-order chi connectivity index (χ1) is 13.2. The fourth-order valence-corrected chi connectivity index (χ4v) is 4.07. The van der Waals surface area contributed by atoms with Crippen LogP contribution in [0.5, 0.6) is 0 Å². The topological polar surface area (TPSA) is 162 Å². The molecule has 0 aliphatic rings. The summed E-state index contributed by atoms with van der Waals surface area (Å²) < 4.78 is 27.1. The number of nitrogens with one attached hydrogen (secondary N) is 2. The van der Waals surface area contributed by atoms with E-state index in [-0.39, 0.29) is 15.5 Å². The molecule has 1 amide bonds. The van der Waals surface area contributed by atoms with Gasteiger partial charge in [-0.05, 0) is 23.6 Å². The van der Waals surface area contributed by atoms with Crippen molar-refractivity contribution in [2.45, 2.75) is 17.1 Å². The van der Waals surface area contributed by atoms with Crippen LogP contribution in [0.25, 0.3) is 0 Å². The van der Waals surface area contributed by atoms with E-state index >= 15 is 0 Å². The molecule has 1 heterocycles. The molecule has 1 aromatic carbocycles. The van der Waals surface area contributed by atoms with Crippen LogP contribution >= 0.6 is 11.3 Å². The molecular weight excluding hydrogens is 410 g/mol. The van der Waals surface area contributed by atoms with Crippen molar-refractivity contribution in [1.29, 1.82) is 0 Å². The summed E-state index contributed by atoms with van der Waals surface area (Å²) in [5.74, 6) is -3.56. The summed E-state index contributed by atoms with van der Waals surface area (Å²) in [4.78, 5) is 34.0. The van der Waals surface area contributed by atoms with E-state index in [1.165, 1.54) is 30.3 Å². The molecule has 28 heavy (non-hydrogen) atoms. The van der Waals surface area contributed by atoms with Gasteiger partial charge >= 0.3 is 11.9 Å². The number of sulfonamides is 1. The highest BCUT2D eigenvalue weighted by molar-refractivity contribution is 7.94. The fourth-order valence-electron chi connectivity index (χ4n) is 2.00. The second-order valence-corrected chi connectivity index (χ2v) is 8.14. The second-order valence-electron chi connectivity index (χ2n) is 5.28. The Morgan fingerprint density at radius 3 is 2.36 bits per heavy atom. The number of nitrogens with zero attached hydrogens (tertiary/aromatic N) is 1. The average molecular weight is 425 g/mol. The van der Waals surface area contributed by atoms with Crippen molar-refractivity contribution in [1.82, 2.24) is 5.43 Å². The molecule has 12 heteroatoms. The number of hydrogen-bond donors (Lipinski definition) is 4. The average Bonchev–Trinajstić information content (AvgIpc) is 3.16. The molecule has 1 aromatic heterocycles. The van der Waals surface area contributed by atoms with Crippen LogP contribution in [0.1, 0.15) is 23.2 Å². The highest BCUT2D eigenvalue weighted by Gasteiger charge is 2.20. The van der Waals surface area contributed by atoms with E-state index in [4.69, 9.17) is 10.2 Å². The molecular formula is C16H15N3O7S2. The van der Waals surface area contributed by atoms with Crippen molar-refractivity contribution in [3.8, 4) is 0 Å². The van der Waals surface area contributed by atoms with Crippen molar-refractivity contribution in [2.75, 3.05) is 4.72 Å². The number of aliphatic carboxylic acids is 2. The molecule has 0 saturated heterocycles. The van der Waals surface area contributed by atoms with Crippen molar-refractivity contribution in [3.05, 3.63) is 47.3 Å². The van der Waals surface area contributed by atoms with Crippen LogP contribution in [0.3, 0.4) is 0 Å². The van der Waals surface area contributed by atoms with E-state index in [9.17, 15) is 22.8 Å². The maximum atomic E-state index is 12.3. The number of thiophene rings is 1. The van der Waals surface area contributed by atoms with Crippen LogP contribution in [-0.2, 0) is 19.6 Å². The Morgan fingerprint density at radius 1 is 1.04 bits per heavy atom. The first-order valence-electron chi connectivity index (χ1n) is 7.68. The molecule has 0 bridgehead atoms. The Bertz CT molecular complexity index is 1010. The number of carboxylic acid groups (broad SMARTS) is 2. The zero-order valence-corrected chi connectivity index (χ0v) is 15.8. The molecule has 0 fully saturated rings. The van der Waals surface area contributed by atoms with Gasteiger partial charge < -0.3 is 10.2 Å². The molecule has 0 aliphatic heterocycles. The largest absolute Gasteiger partial charge is 0.481 e. The number of benzene rings is 1. The summed E-state index contributed by atoms with van der Waals surface area (Å²) in [6.45, 7) is 0. The van der Waals surface area contributed by atoms with Gasteiger partial charge in [0.15, 0.2) is 0 Å². The molecule has 4 N–H and O–H groups in total. The molecule has 0 aliphatic carbocycles. The van der Waals surface area contributed by atoms with Gasteiger partial charge in [-0.15, -0.1) is 11.3 Å². The Hall–Kier alpha value is -3.25. The molecule has 0 radical (unpaired) electrons. The third-order valence-corrected chi connectivity index (χ3v) is 6.05. The van der Waals surface area contributed by atoms with Gasteiger partial charge in [0, 0.05) is 6.42 Å². The van der Waals surface area contributed by atoms with Gasteiger partial charge in [0.1, 0.15) is 9.92 Å². The summed E-state index contributed by atoms with van der Waals surface area (Å²) in [6.07, 6.45) is -0.865. The third kappa shape index (κ3) is 5.62. The molecule has 10 nitrogen and oxygen atoms in total. The van der Waals surface area contributed by atoms with E-state index in [1.807, 2.05) is 5.43 Å². The minimum atomic E-state index is -3.90. The zero-order valence-electron chi connectivity index (χ0n) is 14.2. The van der Waals surface area contributed by atoms with Crippen LogP contribution < -0.4 is 10.1 Å². The predicted molar refractivity (Wildman–Crippen MR) is 101 cm³/mol. The summed E-state index contributed by atoms with van der Waals surface area (Å²) >= 11 is 1.00. The molecule has 0 unspecified atom stereocenters. The first kappa shape index (κ1) is 21.1. The zero-order chi connectivity index (χ0) is 20.7. The third-order valence-electron chi connectivity index (χ3n) is 3.29. The minimum Gasteiger partial charge on any atom is -0.481 e. The van der Waals surface area contributed by atoms with Gasteiger partial charge in [-0.25, -0.2) is 18.6 Å². The number of hydrazone groups is 1. The SMILES string of the molecule is O=C(O)CC/C(=N/NC(=O)c1ccccc1NS(=O)(=O)c1cccs1)C(=O)O. The fraction of sp³-hybridized carbons (Fsp3) is 0.125. The lowest BCUT2D eigenvalue weighted by Gasteiger charge is -2.11. The van der Waals surface area contributed by atoms with E-state index in [1.54, 1.807) is 11.4 Å². The predicted octanol–water partition coefficient (Wildman–Crippen LogP) is 1.58. The number of rotatable bonds is 9. The molecule has 148 valence electrons. The molecule has 2 aromatic rings. The molecule has 2 rings (SSSR count). The Morgan fingerprint density at radius 2 is 1.75 bits per heavy atom. The monoisotopic (exact) mass is 425 g/mol. The van der Waals surface area contributed by atoms with E-state index in [2.05, 4.69) is 9.82 Å². The summed E-state index contributed by atoms with van der Waals surface area (Å²) in [5.41, 5.74) is 1.35. The van der Waals surface area contributed by atoms with Crippen LogP contribution in [-0.4, -0.2) is 42.2 Å². The van der Waals surface area contributed by atoms with Crippen LogP contribution in [0.2, 0.25) is 0 Å². The summed E-state index contributed by atoms with van der Waals surface area (Å²) in [7, 11) is -3.90. The molecule has 0 atom stereocenters. The van der Waals surface area contributed by atoms with E-state index < -0.39 is 46.4 Å². The number of carbonyl (C=O) groups is 3.